The first-order valence-corrected chi connectivity index (χ1v) is 7.75. The third-order valence-electron chi connectivity index (χ3n) is 3.92. The van der Waals surface area contributed by atoms with Crippen LogP contribution in [0.25, 0.3) is 11.0 Å². The summed E-state index contributed by atoms with van der Waals surface area (Å²) in [6.07, 6.45) is 0.404. The first-order chi connectivity index (χ1) is 10.7. The second-order valence-electron chi connectivity index (χ2n) is 5.55. The molecule has 0 aliphatic carbocycles. The van der Waals surface area contributed by atoms with Crippen LogP contribution in [0.1, 0.15) is 12.2 Å². The minimum atomic E-state index is -0.00967. The standard InChI is InChI=1S/C16H22N4O2/c1-12-19-14-4-2-3-5-15(14)20(12)8-6-18-16(21)10-13-11-17-7-9-22-13/h2-5,13,17H,6-11H2,1H3,(H,18,21). The van der Waals surface area contributed by atoms with E-state index in [1.807, 2.05) is 25.1 Å². The van der Waals surface area contributed by atoms with Crippen LogP contribution >= 0.6 is 0 Å². The predicted molar refractivity (Wildman–Crippen MR) is 84.7 cm³/mol. The van der Waals surface area contributed by atoms with Crippen LogP contribution in [0.4, 0.5) is 0 Å². The molecule has 1 aromatic heterocycles. The summed E-state index contributed by atoms with van der Waals surface area (Å²) in [7, 11) is 0. The summed E-state index contributed by atoms with van der Waals surface area (Å²) in [6.45, 7) is 5.60. The molecule has 6 heteroatoms. The SMILES string of the molecule is Cc1nc2ccccc2n1CCNC(=O)CC1CNCCO1. The number of fused-ring (bicyclic) bond motifs is 1. The maximum atomic E-state index is 11.9. The lowest BCUT2D eigenvalue weighted by Crippen LogP contribution is -2.41. The summed E-state index contributed by atoms with van der Waals surface area (Å²) in [5.74, 6) is 1.01. The third kappa shape index (κ3) is 3.45. The van der Waals surface area contributed by atoms with Crippen LogP contribution in [-0.4, -0.2) is 47.8 Å². The number of amides is 1. The van der Waals surface area contributed by atoms with Crippen LogP contribution in [0.5, 0.6) is 0 Å². The highest BCUT2D eigenvalue weighted by atomic mass is 16.5. The zero-order valence-corrected chi connectivity index (χ0v) is 12.8. The monoisotopic (exact) mass is 302 g/mol. The number of nitrogens with zero attached hydrogens (tertiary/aromatic N) is 2. The third-order valence-corrected chi connectivity index (χ3v) is 3.92. The van der Waals surface area contributed by atoms with E-state index in [1.165, 1.54) is 0 Å². The molecule has 0 spiro atoms. The molecular weight excluding hydrogens is 280 g/mol. The number of morpholine rings is 1. The molecule has 2 aromatic rings. The molecule has 6 nitrogen and oxygen atoms in total. The molecule has 2 N–H and O–H groups in total. The number of nitrogens with one attached hydrogen (secondary N) is 2. The summed E-state index contributed by atoms with van der Waals surface area (Å²) in [6, 6.07) is 8.05. The highest BCUT2D eigenvalue weighted by Gasteiger charge is 2.17. The quantitative estimate of drug-likeness (QED) is 0.859. The molecular formula is C16H22N4O2. The minimum Gasteiger partial charge on any atom is -0.375 e. The van der Waals surface area contributed by atoms with Crippen molar-refractivity contribution < 1.29 is 9.53 Å². The molecule has 0 radical (unpaired) electrons. The van der Waals surface area contributed by atoms with Crippen molar-refractivity contribution in [3.05, 3.63) is 30.1 Å². The van der Waals surface area contributed by atoms with Crippen LogP contribution < -0.4 is 10.6 Å². The van der Waals surface area contributed by atoms with E-state index in [0.717, 1.165) is 36.5 Å². The zero-order valence-electron chi connectivity index (χ0n) is 12.8. The zero-order chi connectivity index (χ0) is 15.4. The van der Waals surface area contributed by atoms with Gasteiger partial charge in [-0.05, 0) is 19.1 Å². The van der Waals surface area contributed by atoms with E-state index in [9.17, 15) is 4.79 Å². The molecule has 1 fully saturated rings. The Balaban J connectivity index is 1.51. The van der Waals surface area contributed by atoms with E-state index in [0.29, 0.717) is 19.6 Å². The fourth-order valence-electron chi connectivity index (χ4n) is 2.82. The molecule has 0 bridgehead atoms. The highest BCUT2D eigenvalue weighted by Crippen LogP contribution is 2.14. The molecule has 2 heterocycles. The maximum absolute atomic E-state index is 11.9. The summed E-state index contributed by atoms with van der Waals surface area (Å²) in [5, 5.41) is 6.19. The second-order valence-corrected chi connectivity index (χ2v) is 5.55. The number of rotatable bonds is 5. The first-order valence-electron chi connectivity index (χ1n) is 7.75. The molecule has 1 aliphatic rings. The number of aromatic nitrogens is 2. The number of carbonyl (C=O) groups excluding carboxylic acids is 1. The number of para-hydroxylation sites is 2. The molecule has 1 amide bonds. The smallest absolute Gasteiger partial charge is 0.222 e. The van der Waals surface area contributed by atoms with Crippen molar-refractivity contribution in [2.75, 3.05) is 26.2 Å². The van der Waals surface area contributed by atoms with Crippen molar-refractivity contribution in [2.24, 2.45) is 0 Å². The van der Waals surface area contributed by atoms with E-state index in [-0.39, 0.29) is 12.0 Å². The van der Waals surface area contributed by atoms with Crippen molar-refractivity contribution in [3.8, 4) is 0 Å². The molecule has 1 unspecified atom stereocenters. The number of carbonyl (C=O) groups is 1. The molecule has 118 valence electrons. The van der Waals surface area contributed by atoms with E-state index >= 15 is 0 Å². The van der Waals surface area contributed by atoms with Gasteiger partial charge in [0.2, 0.25) is 5.91 Å². The van der Waals surface area contributed by atoms with Crippen LogP contribution in [0.15, 0.2) is 24.3 Å². The van der Waals surface area contributed by atoms with Gasteiger partial charge in [0, 0.05) is 26.2 Å². The molecule has 1 aliphatic heterocycles. The lowest BCUT2D eigenvalue weighted by atomic mass is 10.2. The summed E-state index contributed by atoms with van der Waals surface area (Å²) in [5.41, 5.74) is 2.10. The molecule has 22 heavy (non-hydrogen) atoms. The number of hydrogen-bond donors (Lipinski definition) is 2. The number of imidazole rings is 1. The van der Waals surface area contributed by atoms with E-state index < -0.39 is 0 Å². The van der Waals surface area contributed by atoms with E-state index in [1.54, 1.807) is 0 Å². The van der Waals surface area contributed by atoms with Crippen LogP contribution in [0, 0.1) is 6.92 Å². The summed E-state index contributed by atoms with van der Waals surface area (Å²) >= 11 is 0. The Morgan fingerprint density at radius 3 is 3.18 bits per heavy atom. The fraction of sp³-hybridized carbons (Fsp3) is 0.500. The predicted octanol–water partition coefficient (Wildman–Crippen LogP) is 0.839. The van der Waals surface area contributed by atoms with Gasteiger partial charge in [-0.2, -0.15) is 0 Å². The Kier molecular flexibility index (Phi) is 4.70. The summed E-state index contributed by atoms with van der Waals surface area (Å²) < 4.78 is 7.67. The van der Waals surface area contributed by atoms with Crippen molar-refractivity contribution in [2.45, 2.75) is 26.0 Å². The van der Waals surface area contributed by atoms with Gasteiger partial charge in [0.25, 0.3) is 0 Å². The topological polar surface area (TPSA) is 68.2 Å². The molecule has 1 saturated heterocycles. The van der Waals surface area contributed by atoms with Gasteiger partial charge in [-0.3, -0.25) is 4.79 Å². The summed E-state index contributed by atoms with van der Waals surface area (Å²) in [4.78, 5) is 16.5. The Morgan fingerprint density at radius 2 is 2.36 bits per heavy atom. The van der Waals surface area contributed by atoms with Crippen molar-refractivity contribution in [3.63, 3.8) is 0 Å². The Morgan fingerprint density at radius 1 is 1.50 bits per heavy atom. The van der Waals surface area contributed by atoms with Gasteiger partial charge in [0.15, 0.2) is 0 Å². The largest absolute Gasteiger partial charge is 0.375 e. The van der Waals surface area contributed by atoms with Crippen LogP contribution in [-0.2, 0) is 16.1 Å². The Bertz CT molecular complexity index is 647. The normalized spacial score (nSPS) is 18.5. The van der Waals surface area contributed by atoms with Crippen LogP contribution in [0.2, 0.25) is 0 Å². The van der Waals surface area contributed by atoms with Gasteiger partial charge in [-0.1, -0.05) is 12.1 Å². The lowest BCUT2D eigenvalue weighted by Gasteiger charge is -2.23. The molecule has 0 saturated carbocycles. The van der Waals surface area contributed by atoms with Crippen molar-refractivity contribution >= 4 is 16.9 Å². The fourth-order valence-corrected chi connectivity index (χ4v) is 2.82. The van der Waals surface area contributed by atoms with E-state index in [4.69, 9.17) is 4.74 Å². The highest BCUT2D eigenvalue weighted by molar-refractivity contribution is 5.77. The van der Waals surface area contributed by atoms with Crippen LogP contribution in [0.3, 0.4) is 0 Å². The van der Waals surface area contributed by atoms with Gasteiger partial charge in [0.05, 0.1) is 30.2 Å². The first kappa shape index (κ1) is 15.0. The van der Waals surface area contributed by atoms with Gasteiger partial charge < -0.3 is 19.9 Å². The number of aryl methyl sites for hydroxylation is 1. The number of ether oxygens (including phenoxy) is 1. The van der Waals surface area contributed by atoms with Gasteiger partial charge in [-0.15, -0.1) is 0 Å². The van der Waals surface area contributed by atoms with Crippen molar-refractivity contribution in [1.29, 1.82) is 0 Å². The van der Waals surface area contributed by atoms with Gasteiger partial charge >= 0.3 is 0 Å². The van der Waals surface area contributed by atoms with Gasteiger partial charge in [0.1, 0.15) is 5.82 Å². The second kappa shape index (κ2) is 6.89. The lowest BCUT2D eigenvalue weighted by molar-refractivity contribution is -0.124. The number of benzene rings is 1. The Hall–Kier alpha value is -1.92. The van der Waals surface area contributed by atoms with Crippen molar-refractivity contribution in [1.82, 2.24) is 20.2 Å². The average Bonchev–Trinajstić information content (AvgIpc) is 2.84. The molecule has 1 aromatic carbocycles. The minimum absolute atomic E-state index is 0.00967. The average molecular weight is 302 g/mol. The molecule has 1 atom stereocenters. The van der Waals surface area contributed by atoms with Gasteiger partial charge in [-0.25, -0.2) is 4.98 Å². The number of hydrogen-bond acceptors (Lipinski definition) is 4. The molecule has 3 rings (SSSR count). The van der Waals surface area contributed by atoms with E-state index in [2.05, 4.69) is 26.3 Å². The maximum Gasteiger partial charge on any atom is 0.222 e. The Labute approximate surface area is 129 Å².